The number of aromatic nitrogens is 3. The zero-order valence-electron chi connectivity index (χ0n) is 21.1. The zero-order valence-corrected chi connectivity index (χ0v) is 21.1. The molecule has 37 heavy (non-hydrogen) atoms. The molecule has 0 saturated carbocycles. The van der Waals surface area contributed by atoms with Crippen LogP contribution in [-0.2, 0) is 27.4 Å². The van der Waals surface area contributed by atoms with Crippen molar-refractivity contribution in [3.8, 4) is 0 Å². The number of nitrogens with one attached hydrogen (secondary N) is 2. The lowest BCUT2D eigenvalue weighted by Gasteiger charge is -2.27. The Morgan fingerprint density at radius 2 is 1.78 bits per heavy atom. The SMILES string of the molecule is C.CC(C)(C)C(=O)N[C@H](COCc1ccccc1)c1nnc2cccc(CNC(=O)N3CCOCC3)n12. The van der Waals surface area contributed by atoms with Crippen LogP contribution in [0.1, 0.15) is 51.3 Å². The average Bonchev–Trinajstić information content (AvgIpc) is 3.32. The predicted octanol–water partition coefficient (Wildman–Crippen LogP) is 3.33. The highest BCUT2D eigenvalue weighted by Crippen LogP contribution is 2.20. The average molecular weight is 511 g/mol. The fourth-order valence-electron chi connectivity index (χ4n) is 3.86. The van der Waals surface area contributed by atoms with Crippen molar-refractivity contribution in [2.75, 3.05) is 32.9 Å². The molecule has 3 aromatic rings. The van der Waals surface area contributed by atoms with Crippen molar-refractivity contribution in [2.45, 2.75) is 47.4 Å². The van der Waals surface area contributed by atoms with Gasteiger partial charge in [-0.2, -0.15) is 0 Å². The van der Waals surface area contributed by atoms with Crippen molar-refractivity contribution in [1.29, 1.82) is 0 Å². The number of hydrogen-bond donors (Lipinski definition) is 2. The summed E-state index contributed by atoms with van der Waals surface area (Å²) in [5.74, 6) is 0.428. The summed E-state index contributed by atoms with van der Waals surface area (Å²) in [6.07, 6.45) is 0. The molecule has 1 fully saturated rings. The van der Waals surface area contributed by atoms with E-state index in [1.165, 1.54) is 0 Å². The first-order valence-corrected chi connectivity index (χ1v) is 12.2. The quantitative estimate of drug-likeness (QED) is 0.481. The number of ether oxygens (including phenoxy) is 2. The van der Waals surface area contributed by atoms with E-state index < -0.39 is 11.5 Å². The van der Waals surface area contributed by atoms with Gasteiger partial charge in [-0.05, 0) is 17.7 Å². The Bertz CT molecular complexity index is 1170. The first-order valence-electron chi connectivity index (χ1n) is 12.2. The van der Waals surface area contributed by atoms with Gasteiger partial charge in [0.25, 0.3) is 0 Å². The van der Waals surface area contributed by atoms with Gasteiger partial charge in [-0.15, -0.1) is 10.2 Å². The number of rotatable bonds is 8. The number of urea groups is 1. The van der Waals surface area contributed by atoms with Crippen LogP contribution in [0.3, 0.4) is 0 Å². The predicted molar refractivity (Wildman–Crippen MR) is 141 cm³/mol. The molecule has 10 heteroatoms. The molecule has 2 N–H and O–H groups in total. The van der Waals surface area contributed by atoms with Gasteiger partial charge in [0.15, 0.2) is 11.5 Å². The number of benzene rings is 1. The molecule has 0 bridgehead atoms. The van der Waals surface area contributed by atoms with E-state index in [1.807, 2.05) is 73.7 Å². The Hall–Kier alpha value is -3.50. The smallest absolute Gasteiger partial charge is 0.317 e. The number of carbonyl (C=O) groups is 2. The van der Waals surface area contributed by atoms with Gasteiger partial charge in [-0.3, -0.25) is 9.20 Å². The number of amides is 3. The summed E-state index contributed by atoms with van der Waals surface area (Å²) in [6, 6.07) is 14.8. The monoisotopic (exact) mass is 510 g/mol. The van der Waals surface area contributed by atoms with Gasteiger partial charge in [0, 0.05) is 24.2 Å². The third-order valence-corrected chi connectivity index (χ3v) is 5.95. The number of nitrogens with zero attached hydrogens (tertiary/aromatic N) is 4. The maximum absolute atomic E-state index is 12.9. The van der Waals surface area contributed by atoms with Crippen molar-refractivity contribution in [2.24, 2.45) is 5.41 Å². The summed E-state index contributed by atoms with van der Waals surface area (Å²) in [5.41, 5.74) is 1.87. The van der Waals surface area contributed by atoms with Crippen molar-refractivity contribution < 1.29 is 19.1 Å². The van der Waals surface area contributed by atoms with E-state index in [0.29, 0.717) is 44.4 Å². The van der Waals surface area contributed by atoms with Crippen LogP contribution in [0, 0.1) is 5.41 Å². The molecule has 0 aliphatic carbocycles. The Kier molecular flexibility index (Phi) is 9.60. The second-order valence-corrected chi connectivity index (χ2v) is 9.80. The van der Waals surface area contributed by atoms with Crippen molar-refractivity contribution in [1.82, 2.24) is 30.1 Å². The van der Waals surface area contributed by atoms with Crippen LogP contribution in [0.15, 0.2) is 48.5 Å². The van der Waals surface area contributed by atoms with E-state index >= 15 is 0 Å². The van der Waals surface area contributed by atoms with Crippen LogP contribution in [0.2, 0.25) is 0 Å². The number of fused-ring (bicyclic) bond motifs is 1. The number of pyridine rings is 1. The van der Waals surface area contributed by atoms with E-state index in [1.54, 1.807) is 4.90 Å². The summed E-state index contributed by atoms with van der Waals surface area (Å²) in [4.78, 5) is 27.3. The van der Waals surface area contributed by atoms with Crippen molar-refractivity contribution in [3.05, 3.63) is 65.6 Å². The minimum atomic E-state index is -0.590. The van der Waals surface area contributed by atoms with Crippen LogP contribution in [-0.4, -0.2) is 64.3 Å². The lowest BCUT2D eigenvalue weighted by molar-refractivity contribution is -0.129. The molecule has 3 heterocycles. The van der Waals surface area contributed by atoms with Gasteiger partial charge in [-0.1, -0.05) is 64.6 Å². The molecule has 0 unspecified atom stereocenters. The Labute approximate surface area is 218 Å². The Morgan fingerprint density at radius 3 is 2.49 bits per heavy atom. The molecule has 10 nitrogen and oxygen atoms in total. The maximum Gasteiger partial charge on any atom is 0.317 e. The van der Waals surface area contributed by atoms with Crippen LogP contribution in [0.25, 0.3) is 5.65 Å². The Balaban J connectivity index is 0.00000380. The van der Waals surface area contributed by atoms with Gasteiger partial charge in [0.05, 0.1) is 33.0 Å². The molecule has 200 valence electrons. The first-order chi connectivity index (χ1) is 17.3. The number of hydrogen-bond acceptors (Lipinski definition) is 6. The summed E-state index contributed by atoms with van der Waals surface area (Å²) in [7, 11) is 0. The molecule has 3 amide bonds. The molecule has 2 aromatic heterocycles. The first kappa shape index (κ1) is 28.1. The second-order valence-electron chi connectivity index (χ2n) is 9.80. The number of carbonyl (C=O) groups excluding carboxylic acids is 2. The van der Waals surface area contributed by atoms with Crippen LogP contribution >= 0.6 is 0 Å². The molecular weight excluding hydrogens is 472 g/mol. The van der Waals surface area contributed by atoms with Crippen LogP contribution in [0.4, 0.5) is 4.79 Å². The normalized spacial score (nSPS) is 14.6. The lowest BCUT2D eigenvalue weighted by Crippen LogP contribution is -2.46. The minimum Gasteiger partial charge on any atom is -0.378 e. The van der Waals surface area contributed by atoms with Gasteiger partial charge >= 0.3 is 6.03 Å². The fraction of sp³-hybridized carbons (Fsp3) is 0.481. The number of morpholine rings is 1. The summed E-state index contributed by atoms with van der Waals surface area (Å²) in [6.45, 7) is 8.68. The maximum atomic E-state index is 12.9. The highest BCUT2D eigenvalue weighted by atomic mass is 16.5. The molecule has 0 spiro atoms. The highest BCUT2D eigenvalue weighted by Gasteiger charge is 2.28. The van der Waals surface area contributed by atoms with Gasteiger partial charge in [0.2, 0.25) is 5.91 Å². The summed E-state index contributed by atoms with van der Waals surface area (Å²) in [5, 5.41) is 14.8. The van der Waals surface area contributed by atoms with E-state index in [4.69, 9.17) is 9.47 Å². The van der Waals surface area contributed by atoms with E-state index in [-0.39, 0.29) is 32.5 Å². The van der Waals surface area contributed by atoms with E-state index in [2.05, 4.69) is 20.8 Å². The summed E-state index contributed by atoms with van der Waals surface area (Å²) < 4.78 is 13.2. The second kappa shape index (κ2) is 12.6. The standard InChI is InChI=1S/C26H34N6O4.CH4/c1-26(2,3)24(33)28-21(18-36-17-19-8-5-4-6-9-19)23-30-29-22-11-7-10-20(32(22)23)16-27-25(34)31-12-14-35-15-13-31;/h4-11,21H,12-18H2,1-3H3,(H,27,34)(H,28,33);1H4/t21-;/m1./s1. The molecule has 1 aliphatic heterocycles. The third-order valence-electron chi connectivity index (χ3n) is 5.95. The molecule has 0 radical (unpaired) electrons. The van der Waals surface area contributed by atoms with Crippen LogP contribution < -0.4 is 10.6 Å². The highest BCUT2D eigenvalue weighted by molar-refractivity contribution is 5.81. The van der Waals surface area contributed by atoms with Crippen LogP contribution in [0.5, 0.6) is 0 Å². The lowest BCUT2D eigenvalue weighted by atomic mass is 9.95. The molecule has 4 rings (SSSR count). The largest absolute Gasteiger partial charge is 0.378 e. The summed E-state index contributed by atoms with van der Waals surface area (Å²) >= 11 is 0. The third kappa shape index (κ3) is 7.27. The van der Waals surface area contributed by atoms with Crippen molar-refractivity contribution in [3.63, 3.8) is 0 Å². The Morgan fingerprint density at radius 1 is 1.05 bits per heavy atom. The fourth-order valence-corrected chi connectivity index (χ4v) is 3.86. The molecule has 1 aromatic carbocycles. The molecule has 1 aliphatic rings. The van der Waals surface area contributed by atoms with E-state index in [0.717, 1.165) is 11.3 Å². The molecule has 1 atom stereocenters. The minimum absolute atomic E-state index is 0. The van der Waals surface area contributed by atoms with Gasteiger partial charge in [0.1, 0.15) is 6.04 Å². The topological polar surface area (TPSA) is 110 Å². The van der Waals surface area contributed by atoms with E-state index in [9.17, 15) is 9.59 Å². The van der Waals surface area contributed by atoms with Gasteiger partial charge in [-0.25, -0.2) is 4.79 Å². The zero-order chi connectivity index (χ0) is 25.5. The van der Waals surface area contributed by atoms with Gasteiger partial charge < -0.3 is 25.0 Å². The molecular formula is C27H38N6O4. The van der Waals surface area contributed by atoms with Crippen molar-refractivity contribution >= 4 is 17.6 Å². The molecule has 1 saturated heterocycles.